The van der Waals surface area contributed by atoms with E-state index in [0.29, 0.717) is 6.10 Å². The van der Waals surface area contributed by atoms with Gasteiger partial charge in [-0.3, -0.25) is 0 Å². The van der Waals surface area contributed by atoms with Gasteiger partial charge >= 0.3 is 0 Å². The molecule has 1 unspecified atom stereocenters. The third-order valence-corrected chi connectivity index (χ3v) is 3.67. The molecule has 1 aliphatic heterocycles. The zero-order valence-corrected chi connectivity index (χ0v) is 10.3. The summed E-state index contributed by atoms with van der Waals surface area (Å²) in [7, 11) is 0. The van der Waals surface area contributed by atoms with Crippen molar-refractivity contribution in [2.24, 2.45) is 0 Å². The van der Waals surface area contributed by atoms with Crippen molar-refractivity contribution >= 4 is 32.4 Å². The van der Waals surface area contributed by atoms with Crippen LogP contribution in [-0.2, 0) is 4.74 Å². The molecular formula is C8H12BrN3OS. The largest absolute Gasteiger partial charge is 0.375 e. The molecule has 0 aliphatic carbocycles. The highest BCUT2D eigenvalue weighted by Gasteiger charge is 2.21. The summed E-state index contributed by atoms with van der Waals surface area (Å²) in [4.78, 5) is 2.24. The van der Waals surface area contributed by atoms with Gasteiger partial charge in [0.05, 0.1) is 12.7 Å². The molecule has 0 radical (unpaired) electrons. The van der Waals surface area contributed by atoms with Crippen molar-refractivity contribution in [3.8, 4) is 0 Å². The molecule has 4 nitrogen and oxygen atoms in total. The summed E-state index contributed by atoms with van der Waals surface area (Å²) in [6.45, 7) is 4.77. The van der Waals surface area contributed by atoms with Gasteiger partial charge < -0.3 is 9.64 Å². The number of ether oxygens (including phenoxy) is 1. The fourth-order valence-electron chi connectivity index (χ4n) is 1.47. The first-order chi connectivity index (χ1) is 6.79. The Morgan fingerprint density at radius 1 is 1.64 bits per heavy atom. The van der Waals surface area contributed by atoms with Crippen LogP contribution in [0.1, 0.15) is 13.3 Å². The average molecular weight is 278 g/mol. The van der Waals surface area contributed by atoms with Crippen molar-refractivity contribution in [1.29, 1.82) is 0 Å². The van der Waals surface area contributed by atoms with Gasteiger partial charge in [-0.15, -0.1) is 10.2 Å². The Labute approximate surface area is 95.4 Å². The van der Waals surface area contributed by atoms with Crippen LogP contribution < -0.4 is 4.90 Å². The molecular weight excluding hydrogens is 266 g/mol. The van der Waals surface area contributed by atoms with Gasteiger partial charge in [-0.2, -0.15) is 0 Å². The lowest BCUT2D eigenvalue weighted by Crippen LogP contribution is -2.42. The Hall–Kier alpha value is -0.200. The van der Waals surface area contributed by atoms with Crippen LogP contribution in [-0.4, -0.2) is 36.0 Å². The fraction of sp³-hybridized carbons (Fsp3) is 0.750. The van der Waals surface area contributed by atoms with E-state index in [-0.39, 0.29) is 0 Å². The zero-order valence-electron chi connectivity index (χ0n) is 7.94. The molecule has 0 bridgehead atoms. The van der Waals surface area contributed by atoms with E-state index in [0.717, 1.165) is 35.2 Å². The average Bonchev–Trinajstić information content (AvgIpc) is 2.65. The Bertz CT molecular complexity index is 307. The molecule has 1 aromatic rings. The van der Waals surface area contributed by atoms with Gasteiger partial charge in [-0.1, -0.05) is 18.3 Å². The highest BCUT2D eigenvalue weighted by atomic mass is 79.9. The third-order valence-electron chi connectivity index (χ3n) is 2.25. The van der Waals surface area contributed by atoms with Crippen LogP contribution >= 0.6 is 27.3 Å². The molecule has 0 spiro atoms. The molecule has 0 aromatic carbocycles. The zero-order chi connectivity index (χ0) is 9.97. The molecule has 1 fully saturated rings. The summed E-state index contributed by atoms with van der Waals surface area (Å²) in [5.74, 6) is 0. The minimum atomic E-state index is 0.339. The Balaban J connectivity index is 2.04. The maximum atomic E-state index is 5.59. The summed E-state index contributed by atoms with van der Waals surface area (Å²) in [5, 5.41) is 9.03. The van der Waals surface area contributed by atoms with E-state index in [1.807, 2.05) is 0 Å². The highest BCUT2D eigenvalue weighted by Crippen LogP contribution is 2.25. The van der Waals surface area contributed by atoms with E-state index in [1.165, 1.54) is 0 Å². The van der Waals surface area contributed by atoms with Crippen molar-refractivity contribution in [2.75, 3.05) is 24.6 Å². The topological polar surface area (TPSA) is 38.2 Å². The number of rotatable bonds is 2. The Kier molecular flexibility index (Phi) is 3.35. The van der Waals surface area contributed by atoms with Gasteiger partial charge in [0.15, 0.2) is 3.92 Å². The maximum Gasteiger partial charge on any atom is 0.209 e. The van der Waals surface area contributed by atoms with Crippen molar-refractivity contribution in [2.45, 2.75) is 19.4 Å². The molecule has 2 heterocycles. The van der Waals surface area contributed by atoms with Crippen molar-refractivity contribution in [1.82, 2.24) is 10.2 Å². The molecule has 1 aromatic heterocycles. The second-order valence-electron chi connectivity index (χ2n) is 3.18. The summed E-state index contributed by atoms with van der Waals surface area (Å²) in [6.07, 6.45) is 1.39. The number of hydrogen-bond donors (Lipinski definition) is 0. The second kappa shape index (κ2) is 4.55. The molecule has 6 heteroatoms. The van der Waals surface area contributed by atoms with E-state index in [2.05, 4.69) is 38.0 Å². The number of aromatic nitrogens is 2. The predicted octanol–water partition coefficient (Wildman–Crippen LogP) is 1.92. The monoisotopic (exact) mass is 277 g/mol. The first-order valence-electron chi connectivity index (χ1n) is 4.65. The quantitative estimate of drug-likeness (QED) is 0.828. The molecule has 1 atom stereocenters. The van der Waals surface area contributed by atoms with Crippen LogP contribution in [0.25, 0.3) is 0 Å². The van der Waals surface area contributed by atoms with Crippen LogP contribution in [0, 0.1) is 0 Å². The van der Waals surface area contributed by atoms with Crippen LogP contribution in [0.5, 0.6) is 0 Å². The van der Waals surface area contributed by atoms with Crippen molar-refractivity contribution in [3.05, 3.63) is 3.92 Å². The second-order valence-corrected chi connectivity index (χ2v) is 5.42. The first kappa shape index (κ1) is 10.3. The highest BCUT2D eigenvalue weighted by molar-refractivity contribution is 9.11. The molecule has 2 rings (SSSR count). The smallest absolute Gasteiger partial charge is 0.209 e. The van der Waals surface area contributed by atoms with E-state index in [4.69, 9.17) is 4.74 Å². The molecule has 0 N–H and O–H groups in total. The van der Waals surface area contributed by atoms with Crippen LogP contribution in [0.4, 0.5) is 5.13 Å². The van der Waals surface area contributed by atoms with E-state index >= 15 is 0 Å². The lowest BCUT2D eigenvalue weighted by Gasteiger charge is -2.31. The van der Waals surface area contributed by atoms with Gasteiger partial charge in [-0.05, 0) is 22.4 Å². The SMILES string of the molecule is CCC1CN(c2nnc(Br)s2)CCO1. The summed E-state index contributed by atoms with van der Waals surface area (Å²) >= 11 is 4.89. The normalized spacial score (nSPS) is 22.7. The minimum Gasteiger partial charge on any atom is -0.375 e. The van der Waals surface area contributed by atoms with E-state index in [9.17, 15) is 0 Å². The lowest BCUT2D eigenvalue weighted by atomic mass is 10.2. The van der Waals surface area contributed by atoms with Crippen LogP contribution in [0.2, 0.25) is 0 Å². The Morgan fingerprint density at radius 2 is 2.50 bits per heavy atom. The van der Waals surface area contributed by atoms with E-state index in [1.54, 1.807) is 11.3 Å². The number of nitrogens with zero attached hydrogens (tertiary/aromatic N) is 3. The fourth-order valence-corrected chi connectivity index (χ4v) is 2.59. The van der Waals surface area contributed by atoms with E-state index < -0.39 is 0 Å². The standard InChI is InChI=1S/C8H12BrN3OS/c1-2-6-5-12(3-4-13-6)8-11-10-7(9)14-8/h6H,2-5H2,1H3. The van der Waals surface area contributed by atoms with Gasteiger partial charge in [0.2, 0.25) is 5.13 Å². The predicted molar refractivity (Wildman–Crippen MR) is 59.9 cm³/mol. The van der Waals surface area contributed by atoms with Crippen molar-refractivity contribution < 1.29 is 4.74 Å². The maximum absolute atomic E-state index is 5.59. The number of morpholine rings is 1. The van der Waals surface area contributed by atoms with Gasteiger partial charge in [0.25, 0.3) is 0 Å². The van der Waals surface area contributed by atoms with Crippen LogP contribution in [0.3, 0.4) is 0 Å². The van der Waals surface area contributed by atoms with Gasteiger partial charge in [0.1, 0.15) is 0 Å². The Morgan fingerprint density at radius 3 is 3.14 bits per heavy atom. The molecule has 78 valence electrons. The molecule has 0 amide bonds. The summed E-state index contributed by atoms with van der Waals surface area (Å²) in [6, 6.07) is 0. The molecule has 1 saturated heterocycles. The number of hydrogen-bond acceptors (Lipinski definition) is 5. The number of halogens is 1. The summed E-state index contributed by atoms with van der Waals surface area (Å²) < 4.78 is 6.43. The molecule has 14 heavy (non-hydrogen) atoms. The van der Waals surface area contributed by atoms with Crippen LogP contribution in [0.15, 0.2) is 3.92 Å². The third kappa shape index (κ3) is 2.24. The minimum absolute atomic E-state index is 0.339. The van der Waals surface area contributed by atoms with Gasteiger partial charge in [0, 0.05) is 13.1 Å². The molecule has 1 aliphatic rings. The molecule has 0 saturated carbocycles. The number of anilines is 1. The first-order valence-corrected chi connectivity index (χ1v) is 6.26. The summed E-state index contributed by atoms with van der Waals surface area (Å²) in [5.41, 5.74) is 0. The van der Waals surface area contributed by atoms with Crippen molar-refractivity contribution in [3.63, 3.8) is 0 Å². The van der Waals surface area contributed by atoms with Gasteiger partial charge in [-0.25, -0.2) is 0 Å². The lowest BCUT2D eigenvalue weighted by molar-refractivity contribution is 0.0384.